The van der Waals surface area contributed by atoms with Gasteiger partial charge in [-0.15, -0.1) is 0 Å². The first kappa shape index (κ1) is 18.0. The summed E-state index contributed by atoms with van der Waals surface area (Å²) in [4.78, 5) is 24.6. The van der Waals surface area contributed by atoms with E-state index in [0.717, 1.165) is 19.3 Å². The molecule has 7 heteroatoms. The van der Waals surface area contributed by atoms with Crippen molar-refractivity contribution in [3.05, 3.63) is 29.6 Å². The number of likely N-dealkylation sites (N-methyl/N-ethyl adjacent to an activating group) is 1. The second-order valence-corrected chi connectivity index (χ2v) is 6.25. The largest absolute Gasteiger partial charge is 0.505 e. The molecule has 24 heavy (non-hydrogen) atoms. The lowest BCUT2D eigenvalue weighted by atomic mass is 9.81. The van der Waals surface area contributed by atoms with Crippen LogP contribution in [0.3, 0.4) is 0 Å². The Hall–Kier alpha value is -2.31. The van der Waals surface area contributed by atoms with Gasteiger partial charge >= 0.3 is 6.03 Å². The second-order valence-electron chi connectivity index (χ2n) is 6.25. The van der Waals surface area contributed by atoms with Gasteiger partial charge in [-0.2, -0.15) is 0 Å². The van der Waals surface area contributed by atoms with Gasteiger partial charge in [0, 0.05) is 7.05 Å². The first-order valence-electron chi connectivity index (χ1n) is 8.17. The standard InChI is InChI=1S/C17H24FN3O3/c1-11(12-6-7-14(22)13(18)10-12)20-16(24)21-17(15(23)19-2)8-4-3-5-9-17/h6-7,10-11,22H,3-5,8-9H2,1-2H3,(H,19,23)(H2,20,21,24)/t11-/m0/s1. The van der Waals surface area contributed by atoms with E-state index in [2.05, 4.69) is 16.0 Å². The molecule has 0 radical (unpaired) electrons. The van der Waals surface area contributed by atoms with Crippen LogP contribution < -0.4 is 16.0 Å². The SMILES string of the molecule is CNC(=O)C1(NC(=O)N[C@@H](C)c2ccc(O)c(F)c2)CCCCC1. The highest BCUT2D eigenvalue weighted by molar-refractivity contribution is 5.91. The topological polar surface area (TPSA) is 90.5 Å². The lowest BCUT2D eigenvalue weighted by molar-refractivity contribution is -0.128. The van der Waals surface area contributed by atoms with Crippen LogP contribution in [-0.2, 0) is 4.79 Å². The predicted octanol–water partition coefficient (Wildman–Crippen LogP) is 2.34. The van der Waals surface area contributed by atoms with Crippen LogP contribution in [0.15, 0.2) is 18.2 Å². The van der Waals surface area contributed by atoms with Gasteiger partial charge in [0.1, 0.15) is 5.54 Å². The summed E-state index contributed by atoms with van der Waals surface area (Å²) in [5, 5.41) is 17.4. The van der Waals surface area contributed by atoms with Gasteiger partial charge in [-0.25, -0.2) is 9.18 Å². The highest BCUT2D eigenvalue weighted by Gasteiger charge is 2.40. The zero-order valence-electron chi connectivity index (χ0n) is 14.0. The lowest BCUT2D eigenvalue weighted by Crippen LogP contribution is -2.61. The summed E-state index contributed by atoms with van der Waals surface area (Å²) in [6.45, 7) is 1.71. The van der Waals surface area contributed by atoms with Gasteiger partial charge in [-0.05, 0) is 37.5 Å². The van der Waals surface area contributed by atoms with Crippen LogP contribution in [0.5, 0.6) is 5.75 Å². The number of hydrogen-bond acceptors (Lipinski definition) is 3. The Morgan fingerprint density at radius 2 is 1.92 bits per heavy atom. The molecule has 1 aliphatic carbocycles. The molecule has 0 saturated heterocycles. The Labute approximate surface area is 140 Å². The number of carbonyl (C=O) groups is 2. The number of rotatable bonds is 4. The molecule has 1 saturated carbocycles. The lowest BCUT2D eigenvalue weighted by Gasteiger charge is -2.36. The summed E-state index contributed by atoms with van der Waals surface area (Å²) in [5.74, 6) is -1.37. The number of phenols is 1. The molecule has 0 spiro atoms. The quantitative estimate of drug-likeness (QED) is 0.680. The zero-order chi connectivity index (χ0) is 17.7. The fraction of sp³-hybridized carbons (Fsp3) is 0.529. The summed E-state index contributed by atoms with van der Waals surface area (Å²) >= 11 is 0. The number of urea groups is 1. The molecule has 4 N–H and O–H groups in total. The number of phenolic OH excluding ortho intramolecular Hbond substituents is 1. The fourth-order valence-corrected chi connectivity index (χ4v) is 3.13. The van der Waals surface area contributed by atoms with Crippen molar-refractivity contribution in [2.45, 2.75) is 50.6 Å². The maximum Gasteiger partial charge on any atom is 0.316 e. The third kappa shape index (κ3) is 3.96. The van der Waals surface area contributed by atoms with Crippen molar-refractivity contribution in [3.63, 3.8) is 0 Å². The molecular weight excluding hydrogens is 313 g/mol. The van der Waals surface area contributed by atoms with E-state index in [4.69, 9.17) is 0 Å². The maximum absolute atomic E-state index is 13.4. The van der Waals surface area contributed by atoms with E-state index < -0.39 is 29.2 Å². The highest BCUT2D eigenvalue weighted by Crippen LogP contribution is 2.28. The summed E-state index contributed by atoms with van der Waals surface area (Å²) in [6, 6.07) is 3.02. The van der Waals surface area contributed by atoms with E-state index in [0.29, 0.717) is 18.4 Å². The predicted molar refractivity (Wildman–Crippen MR) is 88.0 cm³/mol. The Kier molecular flexibility index (Phi) is 5.64. The Bertz CT molecular complexity index is 615. The van der Waals surface area contributed by atoms with Crippen LogP contribution in [0, 0.1) is 5.82 Å². The van der Waals surface area contributed by atoms with Crippen molar-refractivity contribution in [2.75, 3.05) is 7.05 Å². The minimum atomic E-state index is -0.892. The molecule has 3 amide bonds. The molecule has 1 atom stereocenters. The highest BCUT2D eigenvalue weighted by atomic mass is 19.1. The first-order valence-corrected chi connectivity index (χ1v) is 8.17. The van der Waals surface area contributed by atoms with Gasteiger partial charge in [-0.3, -0.25) is 4.79 Å². The summed E-state index contributed by atoms with van der Waals surface area (Å²) in [5.41, 5.74) is -0.366. The molecule has 0 heterocycles. The van der Waals surface area contributed by atoms with Crippen molar-refractivity contribution in [2.24, 2.45) is 0 Å². The molecule has 0 bridgehead atoms. The number of nitrogens with one attached hydrogen (secondary N) is 3. The monoisotopic (exact) mass is 337 g/mol. The summed E-state index contributed by atoms with van der Waals surface area (Å²) in [6.07, 6.45) is 4.01. The van der Waals surface area contributed by atoms with Gasteiger partial charge in [0.2, 0.25) is 5.91 Å². The van der Waals surface area contributed by atoms with Crippen LogP contribution in [0.25, 0.3) is 0 Å². The molecule has 6 nitrogen and oxygen atoms in total. The van der Waals surface area contributed by atoms with Crippen LogP contribution in [-0.4, -0.2) is 29.6 Å². The Morgan fingerprint density at radius 1 is 1.25 bits per heavy atom. The van der Waals surface area contributed by atoms with E-state index in [1.165, 1.54) is 12.1 Å². The van der Waals surface area contributed by atoms with Crippen molar-refractivity contribution < 1.29 is 19.1 Å². The van der Waals surface area contributed by atoms with Gasteiger partial charge < -0.3 is 21.1 Å². The minimum Gasteiger partial charge on any atom is -0.505 e. The van der Waals surface area contributed by atoms with E-state index in [1.54, 1.807) is 20.0 Å². The Balaban J connectivity index is 2.04. The first-order chi connectivity index (χ1) is 11.4. The van der Waals surface area contributed by atoms with Crippen LogP contribution >= 0.6 is 0 Å². The van der Waals surface area contributed by atoms with Crippen molar-refractivity contribution in [1.82, 2.24) is 16.0 Å². The number of carbonyl (C=O) groups excluding carboxylic acids is 2. The zero-order valence-corrected chi connectivity index (χ0v) is 14.0. The van der Waals surface area contributed by atoms with Gasteiger partial charge in [-0.1, -0.05) is 25.3 Å². The van der Waals surface area contributed by atoms with E-state index in [9.17, 15) is 19.1 Å². The summed E-state index contributed by atoms with van der Waals surface area (Å²) < 4.78 is 13.4. The van der Waals surface area contributed by atoms with Crippen LogP contribution in [0.1, 0.15) is 50.6 Å². The molecule has 0 unspecified atom stereocenters. The summed E-state index contributed by atoms with van der Waals surface area (Å²) in [7, 11) is 1.56. The van der Waals surface area contributed by atoms with Crippen LogP contribution in [0.2, 0.25) is 0 Å². The number of aromatic hydroxyl groups is 1. The molecule has 1 aromatic rings. The Morgan fingerprint density at radius 3 is 2.50 bits per heavy atom. The third-order valence-corrected chi connectivity index (χ3v) is 4.54. The number of benzene rings is 1. The van der Waals surface area contributed by atoms with Gasteiger partial charge in [0.15, 0.2) is 11.6 Å². The molecule has 132 valence electrons. The van der Waals surface area contributed by atoms with E-state index in [-0.39, 0.29) is 5.91 Å². The maximum atomic E-state index is 13.4. The fourth-order valence-electron chi connectivity index (χ4n) is 3.13. The van der Waals surface area contributed by atoms with Crippen LogP contribution in [0.4, 0.5) is 9.18 Å². The van der Waals surface area contributed by atoms with Gasteiger partial charge in [0.05, 0.1) is 6.04 Å². The average molecular weight is 337 g/mol. The number of halogens is 1. The molecule has 1 fully saturated rings. The normalized spacial score (nSPS) is 17.6. The third-order valence-electron chi connectivity index (χ3n) is 4.54. The molecular formula is C17H24FN3O3. The molecule has 1 aromatic carbocycles. The number of hydrogen-bond donors (Lipinski definition) is 4. The average Bonchev–Trinajstić information content (AvgIpc) is 2.57. The molecule has 1 aliphatic rings. The second kappa shape index (κ2) is 7.51. The van der Waals surface area contributed by atoms with Gasteiger partial charge in [0.25, 0.3) is 0 Å². The molecule has 0 aromatic heterocycles. The van der Waals surface area contributed by atoms with E-state index >= 15 is 0 Å². The van der Waals surface area contributed by atoms with E-state index in [1.807, 2.05) is 0 Å². The number of amides is 3. The molecule has 2 rings (SSSR count). The van der Waals surface area contributed by atoms with Crippen molar-refractivity contribution in [1.29, 1.82) is 0 Å². The minimum absolute atomic E-state index is 0.194. The van der Waals surface area contributed by atoms with Crippen molar-refractivity contribution >= 4 is 11.9 Å². The molecule has 0 aliphatic heterocycles. The van der Waals surface area contributed by atoms with Crippen molar-refractivity contribution in [3.8, 4) is 5.75 Å². The smallest absolute Gasteiger partial charge is 0.316 e.